The zero-order chi connectivity index (χ0) is 14.5. The van der Waals surface area contributed by atoms with E-state index < -0.39 is 5.97 Å². The highest BCUT2D eigenvalue weighted by molar-refractivity contribution is 7.09. The van der Waals surface area contributed by atoms with Crippen LogP contribution in [0, 0.1) is 0 Å². The van der Waals surface area contributed by atoms with Crippen molar-refractivity contribution in [1.82, 2.24) is 9.88 Å². The van der Waals surface area contributed by atoms with Gasteiger partial charge in [-0.2, -0.15) is 0 Å². The van der Waals surface area contributed by atoms with E-state index >= 15 is 0 Å². The molecule has 1 N–H and O–H groups in total. The van der Waals surface area contributed by atoms with Crippen LogP contribution in [0.4, 0.5) is 0 Å². The SMILES string of the molecule is CC(C)c1nc(CN2CCCCC2CCC(=O)O)cs1. The van der Waals surface area contributed by atoms with E-state index in [4.69, 9.17) is 10.1 Å². The number of hydrogen-bond acceptors (Lipinski definition) is 4. The van der Waals surface area contributed by atoms with Gasteiger partial charge in [0, 0.05) is 30.3 Å². The van der Waals surface area contributed by atoms with Gasteiger partial charge in [-0.05, 0) is 25.8 Å². The van der Waals surface area contributed by atoms with Gasteiger partial charge < -0.3 is 5.11 Å². The number of carboxylic acids is 1. The molecule has 1 aliphatic heterocycles. The second-order valence-corrected chi connectivity index (χ2v) is 6.77. The van der Waals surface area contributed by atoms with Gasteiger partial charge >= 0.3 is 5.97 Å². The van der Waals surface area contributed by atoms with Crippen molar-refractivity contribution >= 4 is 17.3 Å². The summed E-state index contributed by atoms with van der Waals surface area (Å²) < 4.78 is 0. The second kappa shape index (κ2) is 7.18. The molecule has 1 aromatic heterocycles. The number of piperidine rings is 1. The number of likely N-dealkylation sites (tertiary alicyclic amines) is 1. The lowest BCUT2D eigenvalue weighted by molar-refractivity contribution is -0.137. The topological polar surface area (TPSA) is 53.4 Å². The third-order valence-corrected chi connectivity index (χ3v) is 5.06. The Labute approximate surface area is 124 Å². The third kappa shape index (κ3) is 4.28. The van der Waals surface area contributed by atoms with E-state index in [0.717, 1.165) is 31.6 Å². The summed E-state index contributed by atoms with van der Waals surface area (Å²) in [5.41, 5.74) is 1.14. The summed E-state index contributed by atoms with van der Waals surface area (Å²) in [6, 6.07) is 0.407. The van der Waals surface area contributed by atoms with Crippen LogP contribution in [0.3, 0.4) is 0 Å². The molecule has 0 spiro atoms. The van der Waals surface area contributed by atoms with Gasteiger partial charge in [0.25, 0.3) is 0 Å². The van der Waals surface area contributed by atoms with E-state index in [1.807, 2.05) is 0 Å². The molecular formula is C15H24N2O2S. The van der Waals surface area contributed by atoms with E-state index in [9.17, 15) is 4.79 Å². The lowest BCUT2D eigenvalue weighted by atomic mass is 9.98. The van der Waals surface area contributed by atoms with Crippen molar-refractivity contribution in [2.24, 2.45) is 0 Å². The molecule has 20 heavy (non-hydrogen) atoms. The van der Waals surface area contributed by atoms with Crippen molar-refractivity contribution in [2.75, 3.05) is 6.54 Å². The Hall–Kier alpha value is -0.940. The Morgan fingerprint density at radius 1 is 1.55 bits per heavy atom. The summed E-state index contributed by atoms with van der Waals surface area (Å²) in [7, 11) is 0. The Morgan fingerprint density at radius 2 is 2.35 bits per heavy atom. The molecule has 1 fully saturated rings. The first-order valence-electron chi connectivity index (χ1n) is 7.46. The van der Waals surface area contributed by atoms with Gasteiger partial charge in [-0.15, -0.1) is 11.3 Å². The molecule has 2 heterocycles. The lowest BCUT2D eigenvalue weighted by Crippen LogP contribution is -2.39. The maximum atomic E-state index is 10.8. The fraction of sp³-hybridized carbons (Fsp3) is 0.733. The normalized spacial score (nSPS) is 20.4. The molecule has 1 saturated heterocycles. The van der Waals surface area contributed by atoms with E-state index in [2.05, 4.69) is 24.1 Å². The number of thiazole rings is 1. The molecule has 5 heteroatoms. The molecule has 0 aliphatic carbocycles. The summed E-state index contributed by atoms with van der Waals surface area (Å²) in [6.07, 6.45) is 4.58. The van der Waals surface area contributed by atoms with Crippen molar-refractivity contribution < 1.29 is 9.90 Å². The van der Waals surface area contributed by atoms with Gasteiger partial charge in [0.15, 0.2) is 0 Å². The molecular weight excluding hydrogens is 272 g/mol. The standard InChI is InChI=1S/C15H24N2O2S/c1-11(2)15-16-12(10-20-15)9-17-8-4-3-5-13(17)6-7-14(18)19/h10-11,13H,3-9H2,1-2H3,(H,18,19). The third-order valence-electron chi connectivity index (χ3n) is 3.87. The average molecular weight is 296 g/mol. The predicted octanol–water partition coefficient (Wildman–Crippen LogP) is 3.49. The smallest absolute Gasteiger partial charge is 0.303 e. The second-order valence-electron chi connectivity index (χ2n) is 5.88. The predicted molar refractivity (Wildman–Crippen MR) is 81.1 cm³/mol. The first-order valence-corrected chi connectivity index (χ1v) is 8.34. The minimum atomic E-state index is -0.689. The monoisotopic (exact) mass is 296 g/mol. The van der Waals surface area contributed by atoms with Crippen molar-refractivity contribution in [3.63, 3.8) is 0 Å². The van der Waals surface area contributed by atoms with E-state index in [1.54, 1.807) is 11.3 Å². The van der Waals surface area contributed by atoms with Gasteiger partial charge in [0.05, 0.1) is 10.7 Å². The van der Waals surface area contributed by atoms with Crippen LogP contribution >= 0.6 is 11.3 Å². The first-order chi connectivity index (χ1) is 9.56. The fourth-order valence-corrected chi connectivity index (χ4v) is 3.58. The van der Waals surface area contributed by atoms with Crippen molar-refractivity contribution in [3.05, 3.63) is 16.1 Å². The van der Waals surface area contributed by atoms with Crippen LogP contribution in [0.2, 0.25) is 0 Å². The van der Waals surface area contributed by atoms with Crippen LogP contribution in [0.1, 0.15) is 62.6 Å². The number of nitrogens with zero attached hydrogens (tertiary/aromatic N) is 2. The number of aliphatic carboxylic acids is 1. The molecule has 4 nitrogen and oxygen atoms in total. The minimum absolute atomic E-state index is 0.273. The van der Waals surface area contributed by atoms with Crippen molar-refractivity contribution in [3.8, 4) is 0 Å². The number of rotatable bonds is 6. The van der Waals surface area contributed by atoms with Gasteiger partial charge in [-0.1, -0.05) is 20.3 Å². The van der Waals surface area contributed by atoms with Gasteiger partial charge in [0.2, 0.25) is 0 Å². The van der Waals surface area contributed by atoms with Crippen LogP contribution < -0.4 is 0 Å². The molecule has 112 valence electrons. The summed E-state index contributed by atoms with van der Waals surface area (Å²) in [6.45, 7) is 6.27. The molecule has 0 radical (unpaired) electrons. The molecule has 1 aliphatic rings. The maximum Gasteiger partial charge on any atom is 0.303 e. The molecule has 2 rings (SSSR count). The van der Waals surface area contributed by atoms with Crippen LogP contribution in [-0.2, 0) is 11.3 Å². The minimum Gasteiger partial charge on any atom is -0.481 e. The lowest BCUT2D eigenvalue weighted by Gasteiger charge is -2.35. The number of hydrogen-bond donors (Lipinski definition) is 1. The quantitative estimate of drug-likeness (QED) is 0.873. The largest absolute Gasteiger partial charge is 0.481 e. The molecule has 0 saturated carbocycles. The highest BCUT2D eigenvalue weighted by Crippen LogP contribution is 2.25. The van der Waals surface area contributed by atoms with Gasteiger partial charge in [-0.25, -0.2) is 4.98 Å². The van der Waals surface area contributed by atoms with Gasteiger partial charge in [-0.3, -0.25) is 9.69 Å². The molecule has 0 aromatic carbocycles. The molecule has 1 atom stereocenters. The van der Waals surface area contributed by atoms with Crippen LogP contribution in [0.5, 0.6) is 0 Å². The van der Waals surface area contributed by atoms with Crippen LogP contribution in [0.15, 0.2) is 5.38 Å². The summed E-state index contributed by atoms with van der Waals surface area (Å²) in [5.74, 6) is -0.204. The number of carbonyl (C=O) groups is 1. The van der Waals surface area contributed by atoms with E-state index in [-0.39, 0.29) is 6.42 Å². The number of aromatic nitrogens is 1. The maximum absolute atomic E-state index is 10.8. The van der Waals surface area contributed by atoms with Gasteiger partial charge in [0.1, 0.15) is 0 Å². The van der Waals surface area contributed by atoms with Crippen molar-refractivity contribution in [1.29, 1.82) is 0 Å². The fourth-order valence-electron chi connectivity index (χ4n) is 2.75. The first kappa shape index (κ1) is 15.4. The molecule has 1 aromatic rings. The van der Waals surface area contributed by atoms with Crippen molar-refractivity contribution in [2.45, 2.75) is 64.5 Å². The van der Waals surface area contributed by atoms with Crippen LogP contribution in [0.25, 0.3) is 0 Å². The zero-order valence-electron chi connectivity index (χ0n) is 12.3. The molecule has 1 unspecified atom stereocenters. The number of carboxylic acid groups (broad SMARTS) is 1. The summed E-state index contributed by atoms with van der Waals surface area (Å²) in [5, 5.41) is 12.2. The Kier molecular flexibility index (Phi) is 5.54. The van der Waals surface area contributed by atoms with E-state index in [1.165, 1.54) is 17.8 Å². The molecule has 0 amide bonds. The molecule has 0 bridgehead atoms. The average Bonchev–Trinajstić information content (AvgIpc) is 2.86. The van der Waals surface area contributed by atoms with Crippen LogP contribution in [-0.4, -0.2) is 33.5 Å². The highest BCUT2D eigenvalue weighted by atomic mass is 32.1. The summed E-state index contributed by atoms with van der Waals surface area (Å²) >= 11 is 1.73. The zero-order valence-corrected chi connectivity index (χ0v) is 13.2. The Bertz CT molecular complexity index is 445. The highest BCUT2D eigenvalue weighted by Gasteiger charge is 2.23. The summed E-state index contributed by atoms with van der Waals surface area (Å²) in [4.78, 5) is 17.9. The Morgan fingerprint density at radius 3 is 3.00 bits per heavy atom. The Balaban J connectivity index is 1.95. The van der Waals surface area contributed by atoms with E-state index in [0.29, 0.717) is 12.0 Å².